The van der Waals surface area contributed by atoms with E-state index in [1.54, 1.807) is 0 Å². The summed E-state index contributed by atoms with van der Waals surface area (Å²) in [6.45, 7) is 13.8. The number of nitrogens with zero attached hydrogens (tertiary/aromatic N) is 2. The van der Waals surface area contributed by atoms with Gasteiger partial charge in [-0.1, -0.05) is 20.8 Å². The Bertz CT molecular complexity index is 302. The van der Waals surface area contributed by atoms with Gasteiger partial charge in [0, 0.05) is 39.2 Å². The van der Waals surface area contributed by atoms with Crippen molar-refractivity contribution in [3.63, 3.8) is 0 Å². The van der Waals surface area contributed by atoms with E-state index < -0.39 is 0 Å². The lowest BCUT2D eigenvalue weighted by Gasteiger charge is -2.23. The monoisotopic (exact) mass is 411 g/mol. The molecule has 0 spiro atoms. The molecule has 1 aliphatic heterocycles. The highest BCUT2D eigenvalue weighted by molar-refractivity contribution is 14.0. The lowest BCUT2D eigenvalue weighted by molar-refractivity contribution is 0.114. The first kappa shape index (κ1) is 21.0. The van der Waals surface area contributed by atoms with Crippen LogP contribution in [0.1, 0.15) is 47.0 Å². The number of hydrogen-bond donors (Lipinski definition) is 1. The maximum Gasteiger partial charge on any atom is 0.193 e. The smallest absolute Gasteiger partial charge is 0.193 e. The lowest BCUT2D eigenvalue weighted by atomic mass is 9.91. The molecule has 1 aliphatic rings. The van der Waals surface area contributed by atoms with Crippen LogP contribution in [0.3, 0.4) is 0 Å². The van der Waals surface area contributed by atoms with E-state index in [9.17, 15) is 0 Å². The molecule has 1 atom stereocenters. The van der Waals surface area contributed by atoms with E-state index in [0.29, 0.717) is 11.3 Å². The number of ether oxygens (including phenoxy) is 1. The zero-order valence-electron chi connectivity index (χ0n) is 14.4. The molecule has 0 aliphatic carbocycles. The van der Waals surface area contributed by atoms with Gasteiger partial charge in [0.1, 0.15) is 0 Å². The van der Waals surface area contributed by atoms with Gasteiger partial charge >= 0.3 is 0 Å². The van der Waals surface area contributed by atoms with Gasteiger partial charge in [-0.15, -0.1) is 24.0 Å². The minimum absolute atomic E-state index is 0. The predicted octanol–water partition coefficient (Wildman–Crippen LogP) is 3.36. The second kappa shape index (κ2) is 10.6. The van der Waals surface area contributed by atoms with Crippen molar-refractivity contribution in [1.29, 1.82) is 0 Å². The van der Waals surface area contributed by atoms with Crippen LogP contribution >= 0.6 is 24.0 Å². The summed E-state index contributed by atoms with van der Waals surface area (Å²) in [6, 6.07) is 0. The number of likely N-dealkylation sites (tertiary alicyclic amines) is 1. The third-order valence-corrected chi connectivity index (χ3v) is 3.74. The molecule has 1 unspecified atom stereocenters. The Hall–Kier alpha value is -0.0400. The first-order chi connectivity index (χ1) is 9.46. The molecule has 1 saturated heterocycles. The van der Waals surface area contributed by atoms with Gasteiger partial charge in [0.05, 0.1) is 6.61 Å². The number of aliphatic imine (C=N–C) groups is 1. The van der Waals surface area contributed by atoms with Gasteiger partial charge in [-0.3, -0.25) is 4.99 Å². The molecule has 0 saturated carbocycles. The largest absolute Gasteiger partial charge is 0.381 e. The van der Waals surface area contributed by atoms with Crippen molar-refractivity contribution in [2.24, 2.45) is 16.3 Å². The lowest BCUT2D eigenvalue weighted by Crippen LogP contribution is -2.40. The van der Waals surface area contributed by atoms with Gasteiger partial charge < -0.3 is 15.0 Å². The van der Waals surface area contributed by atoms with E-state index in [1.165, 1.54) is 19.3 Å². The normalized spacial score (nSPS) is 19.6. The van der Waals surface area contributed by atoms with Gasteiger partial charge in [0.15, 0.2) is 5.96 Å². The second-order valence-electron chi connectivity index (χ2n) is 6.90. The minimum Gasteiger partial charge on any atom is -0.381 e. The number of rotatable bonds is 6. The van der Waals surface area contributed by atoms with Crippen LogP contribution in [-0.2, 0) is 4.74 Å². The number of nitrogens with one attached hydrogen (secondary N) is 1. The summed E-state index contributed by atoms with van der Waals surface area (Å²) in [7, 11) is 1.88. The van der Waals surface area contributed by atoms with Crippen LogP contribution in [0.25, 0.3) is 0 Å². The van der Waals surface area contributed by atoms with Crippen LogP contribution in [0, 0.1) is 11.3 Å². The molecular formula is C16H34IN3O. The SMILES string of the molecule is CCOCC1CCN(C(=NC)NCCCC(C)(C)C)C1.I. The molecule has 21 heavy (non-hydrogen) atoms. The fourth-order valence-corrected chi connectivity index (χ4v) is 2.60. The number of hydrogen-bond acceptors (Lipinski definition) is 2. The highest BCUT2D eigenvalue weighted by Gasteiger charge is 2.24. The average molecular weight is 411 g/mol. The molecule has 0 bridgehead atoms. The zero-order chi connectivity index (χ0) is 15.0. The molecule has 0 aromatic heterocycles. The Kier molecular flexibility index (Phi) is 10.6. The van der Waals surface area contributed by atoms with E-state index >= 15 is 0 Å². The van der Waals surface area contributed by atoms with Crippen molar-refractivity contribution in [3.05, 3.63) is 0 Å². The molecule has 0 aromatic rings. The Morgan fingerprint density at radius 2 is 2.10 bits per heavy atom. The van der Waals surface area contributed by atoms with Crippen LogP contribution in [-0.4, -0.2) is 50.8 Å². The van der Waals surface area contributed by atoms with E-state index in [4.69, 9.17) is 4.74 Å². The van der Waals surface area contributed by atoms with Crippen LogP contribution < -0.4 is 5.32 Å². The minimum atomic E-state index is 0. The summed E-state index contributed by atoms with van der Waals surface area (Å²) in [4.78, 5) is 6.77. The molecule has 126 valence electrons. The Morgan fingerprint density at radius 3 is 2.67 bits per heavy atom. The predicted molar refractivity (Wildman–Crippen MR) is 102 cm³/mol. The molecule has 4 nitrogen and oxygen atoms in total. The summed E-state index contributed by atoms with van der Waals surface area (Å²) >= 11 is 0. The van der Waals surface area contributed by atoms with Gasteiger partial charge in [-0.05, 0) is 31.6 Å². The third-order valence-electron chi connectivity index (χ3n) is 3.74. The Morgan fingerprint density at radius 1 is 1.38 bits per heavy atom. The summed E-state index contributed by atoms with van der Waals surface area (Å²) in [5.41, 5.74) is 0.418. The van der Waals surface area contributed by atoms with Crippen molar-refractivity contribution in [2.75, 3.05) is 39.9 Å². The Balaban J connectivity index is 0.00000400. The summed E-state index contributed by atoms with van der Waals surface area (Å²) < 4.78 is 5.53. The van der Waals surface area contributed by atoms with Crippen LogP contribution in [0.4, 0.5) is 0 Å². The molecule has 1 N–H and O–H groups in total. The quantitative estimate of drug-likeness (QED) is 0.315. The molecule has 0 amide bonds. The van der Waals surface area contributed by atoms with Gasteiger partial charge in [-0.2, -0.15) is 0 Å². The first-order valence-corrected chi connectivity index (χ1v) is 7.99. The van der Waals surface area contributed by atoms with Crippen molar-refractivity contribution in [1.82, 2.24) is 10.2 Å². The number of guanidine groups is 1. The topological polar surface area (TPSA) is 36.9 Å². The maximum atomic E-state index is 5.53. The van der Waals surface area contributed by atoms with Gasteiger partial charge in [-0.25, -0.2) is 0 Å². The van der Waals surface area contributed by atoms with E-state index in [2.05, 4.69) is 42.9 Å². The van der Waals surface area contributed by atoms with Crippen molar-refractivity contribution in [2.45, 2.75) is 47.0 Å². The van der Waals surface area contributed by atoms with E-state index in [0.717, 1.165) is 38.8 Å². The van der Waals surface area contributed by atoms with Crippen molar-refractivity contribution < 1.29 is 4.74 Å². The fourth-order valence-electron chi connectivity index (χ4n) is 2.60. The molecule has 1 fully saturated rings. The van der Waals surface area contributed by atoms with Gasteiger partial charge in [0.2, 0.25) is 0 Å². The standard InChI is InChI=1S/C16H33N3O.HI/c1-6-20-13-14-8-11-19(12-14)15(17-5)18-10-7-9-16(2,3)4;/h14H,6-13H2,1-5H3,(H,17,18);1H. The molecular weight excluding hydrogens is 377 g/mol. The second-order valence-corrected chi connectivity index (χ2v) is 6.90. The molecule has 5 heteroatoms. The fraction of sp³-hybridized carbons (Fsp3) is 0.938. The molecule has 1 rings (SSSR count). The summed E-state index contributed by atoms with van der Waals surface area (Å²) in [5, 5.41) is 3.50. The molecule has 0 aromatic carbocycles. The highest BCUT2D eigenvalue weighted by atomic mass is 127. The van der Waals surface area contributed by atoms with Crippen LogP contribution in [0.5, 0.6) is 0 Å². The third kappa shape index (κ3) is 8.86. The first-order valence-electron chi connectivity index (χ1n) is 7.99. The Labute approximate surface area is 148 Å². The van der Waals surface area contributed by atoms with Crippen LogP contribution in [0.2, 0.25) is 0 Å². The van der Waals surface area contributed by atoms with Crippen molar-refractivity contribution in [3.8, 4) is 0 Å². The van der Waals surface area contributed by atoms with Crippen LogP contribution in [0.15, 0.2) is 4.99 Å². The summed E-state index contributed by atoms with van der Waals surface area (Å²) in [6.07, 6.45) is 3.64. The maximum absolute atomic E-state index is 5.53. The molecule has 0 radical (unpaired) electrons. The zero-order valence-corrected chi connectivity index (χ0v) is 16.8. The molecule has 1 heterocycles. The highest BCUT2D eigenvalue weighted by Crippen LogP contribution is 2.20. The number of halogens is 1. The van der Waals surface area contributed by atoms with Crippen molar-refractivity contribution >= 4 is 29.9 Å². The summed E-state index contributed by atoms with van der Waals surface area (Å²) in [5.74, 6) is 1.71. The van der Waals surface area contributed by atoms with Gasteiger partial charge in [0.25, 0.3) is 0 Å². The average Bonchev–Trinajstić information content (AvgIpc) is 2.84. The van der Waals surface area contributed by atoms with E-state index in [-0.39, 0.29) is 24.0 Å². The van der Waals surface area contributed by atoms with E-state index in [1.807, 2.05) is 7.05 Å².